The lowest BCUT2D eigenvalue weighted by molar-refractivity contribution is 0.614. The normalized spacial score (nSPS) is 11.8. The molecule has 0 spiro atoms. The summed E-state index contributed by atoms with van der Waals surface area (Å²) in [6, 6.07) is 9.12. The third-order valence-electron chi connectivity index (χ3n) is 2.49. The molecule has 0 amide bonds. The van der Waals surface area contributed by atoms with Gasteiger partial charge in [0, 0.05) is 11.8 Å². The fourth-order valence-corrected chi connectivity index (χ4v) is 2.70. The number of aromatic nitrogens is 1. The third kappa shape index (κ3) is 2.95. The van der Waals surface area contributed by atoms with E-state index in [2.05, 4.69) is 4.98 Å². The average molecular weight is 275 g/mol. The summed E-state index contributed by atoms with van der Waals surface area (Å²) >= 11 is 0. The van der Waals surface area contributed by atoms with Crippen LogP contribution in [-0.4, -0.2) is 9.19 Å². The van der Waals surface area contributed by atoms with Crippen molar-refractivity contribution in [3.63, 3.8) is 0 Å². The SMILES string of the molecule is N#Cc1ccc(CS(=O)c2ncccc2N)c(F)c1. The number of nitrogen functional groups attached to an aromatic ring is 1. The second-order valence-electron chi connectivity index (χ2n) is 3.81. The number of pyridine rings is 1. The van der Waals surface area contributed by atoms with Crippen molar-refractivity contribution in [1.29, 1.82) is 5.26 Å². The van der Waals surface area contributed by atoms with Gasteiger partial charge in [0.1, 0.15) is 10.8 Å². The van der Waals surface area contributed by atoms with Crippen LogP contribution in [-0.2, 0) is 16.6 Å². The largest absolute Gasteiger partial charge is 0.396 e. The Bertz CT molecular complexity index is 682. The molecule has 0 saturated heterocycles. The highest BCUT2D eigenvalue weighted by Gasteiger charge is 2.13. The molecule has 2 aromatic rings. The van der Waals surface area contributed by atoms with Gasteiger partial charge in [0.05, 0.1) is 33.9 Å². The lowest BCUT2D eigenvalue weighted by Crippen LogP contribution is -2.04. The zero-order chi connectivity index (χ0) is 13.8. The Morgan fingerprint density at radius 1 is 1.42 bits per heavy atom. The van der Waals surface area contributed by atoms with Crippen molar-refractivity contribution < 1.29 is 8.60 Å². The highest BCUT2D eigenvalue weighted by Crippen LogP contribution is 2.18. The van der Waals surface area contributed by atoms with Crippen LogP contribution in [0.1, 0.15) is 11.1 Å². The van der Waals surface area contributed by atoms with Gasteiger partial charge in [0.15, 0.2) is 0 Å². The lowest BCUT2D eigenvalue weighted by atomic mass is 10.1. The van der Waals surface area contributed by atoms with Crippen LogP contribution in [0.2, 0.25) is 0 Å². The fourth-order valence-electron chi connectivity index (χ4n) is 1.54. The third-order valence-corrected chi connectivity index (χ3v) is 3.83. The molecule has 4 nitrogen and oxygen atoms in total. The van der Waals surface area contributed by atoms with Gasteiger partial charge in [-0.25, -0.2) is 9.37 Å². The highest BCUT2D eigenvalue weighted by molar-refractivity contribution is 7.84. The molecule has 1 atom stereocenters. The van der Waals surface area contributed by atoms with E-state index in [9.17, 15) is 8.60 Å². The first-order valence-electron chi connectivity index (χ1n) is 5.39. The molecule has 0 fully saturated rings. The van der Waals surface area contributed by atoms with Crippen molar-refractivity contribution in [3.05, 3.63) is 53.5 Å². The van der Waals surface area contributed by atoms with Gasteiger partial charge in [0.2, 0.25) is 0 Å². The Morgan fingerprint density at radius 2 is 2.21 bits per heavy atom. The summed E-state index contributed by atoms with van der Waals surface area (Å²) in [6.07, 6.45) is 1.48. The van der Waals surface area contributed by atoms with E-state index in [0.717, 1.165) is 6.07 Å². The summed E-state index contributed by atoms with van der Waals surface area (Å²) in [4.78, 5) is 3.94. The molecule has 0 saturated carbocycles. The van der Waals surface area contributed by atoms with Crippen LogP contribution in [0.3, 0.4) is 0 Å². The van der Waals surface area contributed by atoms with Crippen LogP contribution >= 0.6 is 0 Å². The number of benzene rings is 1. The first-order chi connectivity index (χ1) is 9.11. The Hall–Kier alpha value is -2.26. The number of nitriles is 1. The van der Waals surface area contributed by atoms with Crippen molar-refractivity contribution in [2.45, 2.75) is 10.8 Å². The number of hydrogen-bond donors (Lipinski definition) is 1. The first-order valence-corrected chi connectivity index (χ1v) is 6.71. The standard InChI is InChI=1S/C13H10FN3OS/c14-11-6-9(7-15)3-4-10(11)8-19(18)13-12(16)2-1-5-17-13/h1-6H,8,16H2. The van der Waals surface area contributed by atoms with Crippen molar-refractivity contribution >= 4 is 16.5 Å². The smallest absolute Gasteiger partial charge is 0.150 e. The molecular weight excluding hydrogens is 265 g/mol. The van der Waals surface area contributed by atoms with Crippen LogP contribution in [0.15, 0.2) is 41.6 Å². The van der Waals surface area contributed by atoms with Gasteiger partial charge in [-0.1, -0.05) is 6.07 Å². The Balaban J connectivity index is 2.25. The van der Waals surface area contributed by atoms with Gasteiger partial charge >= 0.3 is 0 Å². The summed E-state index contributed by atoms with van der Waals surface area (Å²) in [6.45, 7) is 0. The number of nitrogens with two attached hydrogens (primary N) is 1. The van der Waals surface area contributed by atoms with Crippen LogP contribution < -0.4 is 5.73 Å². The average Bonchev–Trinajstić information content (AvgIpc) is 2.41. The Morgan fingerprint density at radius 3 is 2.84 bits per heavy atom. The molecule has 0 aliphatic heterocycles. The lowest BCUT2D eigenvalue weighted by Gasteiger charge is -2.05. The predicted molar refractivity (Wildman–Crippen MR) is 69.9 cm³/mol. The molecule has 0 bridgehead atoms. The van der Waals surface area contributed by atoms with Gasteiger partial charge in [-0.2, -0.15) is 5.26 Å². The van der Waals surface area contributed by atoms with Crippen molar-refractivity contribution in [3.8, 4) is 6.07 Å². The molecule has 1 heterocycles. The Labute approximate surface area is 112 Å². The molecule has 19 heavy (non-hydrogen) atoms. The highest BCUT2D eigenvalue weighted by atomic mass is 32.2. The maximum atomic E-state index is 13.7. The molecule has 2 rings (SSSR count). The minimum absolute atomic E-state index is 0.0290. The number of hydrogen-bond acceptors (Lipinski definition) is 4. The predicted octanol–water partition coefficient (Wildman–Crippen LogP) is 1.98. The van der Waals surface area contributed by atoms with Gasteiger partial charge in [-0.15, -0.1) is 0 Å². The van der Waals surface area contributed by atoms with Gasteiger partial charge in [0.25, 0.3) is 0 Å². The van der Waals surface area contributed by atoms with Gasteiger partial charge in [-0.05, 0) is 24.3 Å². The maximum absolute atomic E-state index is 13.7. The number of nitrogens with zero attached hydrogens (tertiary/aromatic N) is 2. The van der Waals surface area contributed by atoms with Crippen LogP contribution in [0.25, 0.3) is 0 Å². The van der Waals surface area contributed by atoms with Crippen LogP contribution in [0.5, 0.6) is 0 Å². The summed E-state index contributed by atoms with van der Waals surface area (Å²) in [7, 11) is -1.52. The van der Waals surface area contributed by atoms with Gasteiger partial charge < -0.3 is 5.73 Å². The second-order valence-corrected chi connectivity index (χ2v) is 5.17. The molecule has 0 aliphatic rings. The summed E-state index contributed by atoms with van der Waals surface area (Å²) in [5.41, 5.74) is 6.47. The summed E-state index contributed by atoms with van der Waals surface area (Å²) in [5.74, 6) is -0.583. The molecule has 1 aromatic heterocycles. The van der Waals surface area contributed by atoms with E-state index in [-0.39, 0.29) is 21.9 Å². The molecule has 0 radical (unpaired) electrons. The molecule has 1 aromatic carbocycles. The molecule has 2 N–H and O–H groups in total. The van der Waals surface area contributed by atoms with E-state index in [1.54, 1.807) is 12.1 Å². The number of rotatable bonds is 3. The van der Waals surface area contributed by atoms with Crippen molar-refractivity contribution in [2.75, 3.05) is 5.73 Å². The maximum Gasteiger partial charge on any atom is 0.150 e. The Kier molecular flexibility index (Phi) is 3.88. The minimum Gasteiger partial charge on any atom is -0.396 e. The second kappa shape index (κ2) is 5.59. The van der Waals surface area contributed by atoms with Crippen molar-refractivity contribution in [1.82, 2.24) is 4.98 Å². The summed E-state index contributed by atoms with van der Waals surface area (Å²) < 4.78 is 25.8. The minimum atomic E-state index is -1.52. The molecule has 1 unspecified atom stereocenters. The summed E-state index contributed by atoms with van der Waals surface area (Å²) in [5, 5.41) is 8.89. The fraction of sp³-hybridized carbons (Fsp3) is 0.0769. The topological polar surface area (TPSA) is 79.8 Å². The zero-order valence-electron chi connectivity index (χ0n) is 9.84. The zero-order valence-corrected chi connectivity index (χ0v) is 10.7. The van der Waals surface area contributed by atoms with Crippen molar-refractivity contribution in [2.24, 2.45) is 0 Å². The number of anilines is 1. The van der Waals surface area contributed by atoms with E-state index in [1.165, 1.54) is 18.3 Å². The van der Waals surface area contributed by atoms with E-state index >= 15 is 0 Å². The quantitative estimate of drug-likeness (QED) is 0.928. The molecule has 6 heteroatoms. The van der Waals surface area contributed by atoms with Gasteiger partial charge in [-0.3, -0.25) is 4.21 Å². The molecule has 96 valence electrons. The van der Waals surface area contributed by atoms with Crippen LogP contribution in [0, 0.1) is 17.1 Å². The van der Waals surface area contributed by atoms with E-state index < -0.39 is 16.6 Å². The van der Waals surface area contributed by atoms with E-state index in [4.69, 9.17) is 11.0 Å². The molecule has 0 aliphatic carbocycles. The monoisotopic (exact) mass is 275 g/mol. The number of halogens is 1. The van der Waals surface area contributed by atoms with E-state index in [1.807, 2.05) is 6.07 Å². The molecular formula is C13H10FN3OS. The van der Waals surface area contributed by atoms with E-state index in [0.29, 0.717) is 5.69 Å². The van der Waals surface area contributed by atoms with Crippen LogP contribution in [0.4, 0.5) is 10.1 Å². The first kappa shape index (κ1) is 13.2.